The zero-order chi connectivity index (χ0) is 18.7. The van der Waals surface area contributed by atoms with E-state index in [1.165, 1.54) is 7.11 Å². The third-order valence-corrected chi connectivity index (χ3v) is 4.40. The third-order valence-electron chi connectivity index (χ3n) is 4.40. The van der Waals surface area contributed by atoms with Gasteiger partial charge in [-0.3, -0.25) is 4.98 Å². The van der Waals surface area contributed by atoms with Crippen molar-refractivity contribution in [2.75, 3.05) is 7.11 Å². The summed E-state index contributed by atoms with van der Waals surface area (Å²) in [5.74, 6) is -0.627. The molecule has 0 fully saturated rings. The zero-order valence-electron chi connectivity index (χ0n) is 14.9. The van der Waals surface area contributed by atoms with Crippen LogP contribution in [0.15, 0.2) is 60.1 Å². The minimum Gasteiger partial charge on any atom is -0.465 e. The van der Waals surface area contributed by atoms with Gasteiger partial charge >= 0.3 is 5.97 Å². The number of esters is 1. The minimum atomic E-state index is -0.438. The van der Waals surface area contributed by atoms with Gasteiger partial charge in [-0.15, -0.1) is 0 Å². The SMILES string of the molecule is COC(=O)c1cccnc1C1=C(C)NC(C)=CC1c1ccccc1C#N. The Kier molecular flexibility index (Phi) is 4.85. The number of dihydropyridines is 1. The van der Waals surface area contributed by atoms with E-state index in [4.69, 9.17) is 4.74 Å². The summed E-state index contributed by atoms with van der Waals surface area (Å²) in [6.07, 6.45) is 3.70. The molecule has 26 heavy (non-hydrogen) atoms. The van der Waals surface area contributed by atoms with E-state index in [-0.39, 0.29) is 5.92 Å². The van der Waals surface area contributed by atoms with Gasteiger partial charge in [0.2, 0.25) is 0 Å². The monoisotopic (exact) mass is 345 g/mol. The third kappa shape index (κ3) is 3.09. The van der Waals surface area contributed by atoms with Crippen LogP contribution in [0.25, 0.3) is 5.57 Å². The second-order valence-electron chi connectivity index (χ2n) is 6.08. The Morgan fingerprint density at radius 3 is 2.73 bits per heavy atom. The van der Waals surface area contributed by atoms with E-state index in [0.717, 1.165) is 22.5 Å². The molecule has 1 N–H and O–H groups in total. The lowest BCUT2D eigenvalue weighted by Crippen LogP contribution is -2.21. The van der Waals surface area contributed by atoms with Gasteiger partial charge in [-0.2, -0.15) is 5.26 Å². The van der Waals surface area contributed by atoms with Gasteiger partial charge in [0.15, 0.2) is 0 Å². The van der Waals surface area contributed by atoms with Gasteiger partial charge in [-0.1, -0.05) is 24.3 Å². The summed E-state index contributed by atoms with van der Waals surface area (Å²) >= 11 is 0. The number of rotatable bonds is 3. The lowest BCUT2D eigenvalue weighted by atomic mass is 9.82. The molecule has 2 aromatic rings. The predicted molar refractivity (Wildman–Crippen MR) is 99.0 cm³/mol. The number of nitriles is 1. The molecule has 0 saturated heterocycles. The summed E-state index contributed by atoms with van der Waals surface area (Å²) in [6.45, 7) is 3.92. The van der Waals surface area contributed by atoms with Crippen molar-refractivity contribution < 1.29 is 9.53 Å². The largest absolute Gasteiger partial charge is 0.465 e. The molecule has 0 aliphatic carbocycles. The lowest BCUT2D eigenvalue weighted by Gasteiger charge is -2.28. The van der Waals surface area contributed by atoms with Crippen molar-refractivity contribution in [1.29, 1.82) is 5.26 Å². The van der Waals surface area contributed by atoms with Gasteiger partial charge in [0.1, 0.15) is 0 Å². The number of hydrogen-bond acceptors (Lipinski definition) is 5. The molecule has 2 heterocycles. The van der Waals surface area contributed by atoms with Gasteiger partial charge in [0, 0.05) is 29.1 Å². The van der Waals surface area contributed by atoms with Crippen LogP contribution in [0.4, 0.5) is 0 Å². The van der Waals surface area contributed by atoms with E-state index in [0.29, 0.717) is 16.8 Å². The van der Waals surface area contributed by atoms with Gasteiger partial charge in [-0.05, 0) is 37.6 Å². The zero-order valence-corrected chi connectivity index (χ0v) is 14.9. The van der Waals surface area contributed by atoms with E-state index in [9.17, 15) is 10.1 Å². The Balaban J connectivity index is 2.24. The summed E-state index contributed by atoms with van der Waals surface area (Å²) in [6, 6.07) is 13.2. The predicted octanol–water partition coefficient (Wildman–Crippen LogP) is 3.76. The summed E-state index contributed by atoms with van der Waals surface area (Å²) in [5.41, 5.74) is 5.19. The first kappa shape index (κ1) is 17.4. The van der Waals surface area contributed by atoms with Gasteiger partial charge in [-0.25, -0.2) is 4.79 Å². The maximum absolute atomic E-state index is 12.2. The summed E-state index contributed by atoms with van der Waals surface area (Å²) < 4.78 is 4.92. The molecule has 1 atom stereocenters. The van der Waals surface area contributed by atoms with E-state index in [2.05, 4.69) is 16.4 Å². The Morgan fingerprint density at radius 2 is 2.00 bits per heavy atom. The van der Waals surface area contributed by atoms with Crippen molar-refractivity contribution in [3.05, 3.63) is 82.4 Å². The fraction of sp³-hybridized carbons (Fsp3) is 0.190. The number of nitrogens with zero attached hydrogens (tertiary/aromatic N) is 2. The van der Waals surface area contributed by atoms with Crippen molar-refractivity contribution in [2.45, 2.75) is 19.8 Å². The highest BCUT2D eigenvalue weighted by Crippen LogP contribution is 2.40. The lowest BCUT2D eigenvalue weighted by molar-refractivity contribution is 0.0600. The Hall–Kier alpha value is -3.39. The normalized spacial score (nSPS) is 16.4. The first-order valence-corrected chi connectivity index (χ1v) is 8.25. The molecule has 0 amide bonds. The molecule has 130 valence electrons. The molecule has 5 nitrogen and oxygen atoms in total. The second-order valence-corrected chi connectivity index (χ2v) is 6.08. The number of ether oxygens (including phenoxy) is 1. The molecule has 3 rings (SSSR count). The fourth-order valence-electron chi connectivity index (χ4n) is 3.31. The summed E-state index contributed by atoms with van der Waals surface area (Å²) in [7, 11) is 1.35. The van der Waals surface area contributed by atoms with Crippen molar-refractivity contribution in [3.8, 4) is 6.07 Å². The number of pyridine rings is 1. The number of carbonyl (C=O) groups is 1. The Morgan fingerprint density at radius 1 is 1.23 bits per heavy atom. The fourth-order valence-corrected chi connectivity index (χ4v) is 3.31. The van der Waals surface area contributed by atoms with Gasteiger partial charge in [0.25, 0.3) is 0 Å². The molecule has 5 heteroatoms. The molecule has 0 bridgehead atoms. The van der Waals surface area contributed by atoms with Crippen molar-refractivity contribution in [2.24, 2.45) is 0 Å². The molecule has 0 saturated carbocycles. The smallest absolute Gasteiger partial charge is 0.340 e. The van der Waals surface area contributed by atoms with Crippen LogP contribution in [0, 0.1) is 11.3 Å². The topological polar surface area (TPSA) is 75.0 Å². The number of hydrogen-bond donors (Lipinski definition) is 1. The molecular formula is C21H19N3O2. The number of nitrogens with one attached hydrogen (secondary N) is 1. The highest BCUT2D eigenvalue weighted by molar-refractivity contribution is 5.96. The summed E-state index contributed by atoms with van der Waals surface area (Å²) in [5, 5.41) is 12.8. The van der Waals surface area contributed by atoms with Crippen LogP contribution in [0.5, 0.6) is 0 Å². The maximum atomic E-state index is 12.2. The quantitative estimate of drug-likeness (QED) is 0.857. The molecule has 0 radical (unpaired) electrons. The van der Waals surface area contributed by atoms with Crippen LogP contribution in [0.3, 0.4) is 0 Å². The van der Waals surface area contributed by atoms with Crippen LogP contribution >= 0.6 is 0 Å². The van der Waals surface area contributed by atoms with E-state index >= 15 is 0 Å². The molecule has 1 unspecified atom stereocenters. The highest BCUT2D eigenvalue weighted by atomic mass is 16.5. The maximum Gasteiger partial charge on any atom is 0.340 e. The first-order chi connectivity index (χ1) is 12.6. The number of carbonyl (C=O) groups excluding carboxylic acids is 1. The molecule has 1 aliphatic heterocycles. The highest BCUT2D eigenvalue weighted by Gasteiger charge is 2.28. The van der Waals surface area contributed by atoms with E-state index < -0.39 is 5.97 Å². The summed E-state index contributed by atoms with van der Waals surface area (Å²) in [4.78, 5) is 16.7. The Bertz CT molecular complexity index is 967. The average molecular weight is 345 g/mol. The molecule has 0 spiro atoms. The number of aromatic nitrogens is 1. The van der Waals surface area contributed by atoms with Crippen LogP contribution in [-0.2, 0) is 4.74 Å². The molecule has 1 aromatic heterocycles. The van der Waals surface area contributed by atoms with Crippen LogP contribution < -0.4 is 5.32 Å². The van der Waals surface area contributed by atoms with Crippen LogP contribution in [0.2, 0.25) is 0 Å². The van der Waals surface area contributed by atoms with Crippen molar-refractivity contribution >= 4 is 11.5 Å². The molecule has 1 aromatic carbocycles. The average Bonchev–Trinajstić information content (AvgIpc) is 2.66. The number of benzene rings is 1. The van der Waals surface area contributed by atoms with Gasteiger partial charge in [0.05, 0.1) is 30.0 Å². The van der Waals surface area contributed by atoms with Crippen molar-refractivity contribution in [1.82, 2.24) is 10.3 Å². The molecule has 1 aliphatic rings. The molecular weight excluding hydrogens is 326 g/mol. The first-order valence-electron chi connectivity index (χ1n) is 8.25. The van der Waals surface area contributed by atoms with Crippen molar-refractivity contribution in [3.63, 3.8) is 0 Å². The standard InChI is InChI=1S/C21H19N3O2/c1-13-11-18(16-8-5-4-7-15(16)12-22)19(14(2)24-13)20-17(21(25)26-3)9-6-10-23-20/h4-11,18,24H,1-3H3. The van der Waals surface area contributed by atoms with E-state index in [1.807, 2.05) is 38.1 Å². The van der Waals surface area contributed by atoms with E-state index in [1.54, 1.807) is 24.4 Å². The number of methoxy groups -OCH3 is 1. The minimum absolute atomic E-state index is 0.189. The Labute approximate surface area is 152 Å². The second kappa shape index (κ2) is 7.24. The van der Waals surface area contributed by atoms with Crippen LogP contribution in [-0.4, -0.2) is 18.1 Å². The van der Waals surface area contributed by atoms with Gasteiger partial charge < -0.3 is 10.1 Å². The van der Waals surface area contributed by atoms with Crippen LogP contribution in [0.1, 0.15) is 46.9 Å². The number of allylic oxidation sites excluding steroid dienone is 4.